The Bertz CT molecular complexity index is 1170. The van der Waals surface area contributed by atoms with Crippen molar-refractivity contribution in [2.75, 3.05) is 0 Å². The number of imidazole rings is 1. The zero-order chi connectivity index (χ0) is 18.3. The van der Waals surface area contributed by atoms with Crippen LogP contribution >= 0.6 is 34.3 Å². The van der Waals surface area contributed by atoms with Crippen LogP contribution in [-0.2, 0) is 0 Å². The summed E-state index contributed by atoms with van der Waals surface area (Å²) in [5.74, 6) is 0. The lowest BCUT2D eigenvalue weighted by atomic mass is 10.2. The predicted octanol–water partition coefficient (Wildman–Crippen LogP) is 5.85. The molecular formula is C19H13ClN4S2. The number of fused-ring (bicyclic) bond motifs is 1. The number of nitrogens with zero attached hydrogens (tertiary/aromatic N) is 4. The van der Waals surface area contributed by atoms with Crippen molar-refractivity contribution in [3.63, 3.8) is 0 Å². The third-order valence-electron chi connectivity index (χ3n) is 3.94. The number of benzene rings is 1. The van der Waals surface area contributed by atoms with Gasteiger partial charge in [-0.05, 0) is 32.1 Å². The van der Waals surface area contributed by atoms with Crippen molar-refractivity contribution in [1.82, 2.24) is 14.4 Å². The summed E-state index contributed by atoms with van der Waals surface area (Å²) in [7, 11) is 0. The number of aromatic nitrogens is 3. The zero-order valence-corrected chi connectivity index (χ0v) is 16.4. The van der Waals surface area contributed by atoms with E-state index in [1.54, 1.807) is 11.3 Å². The standard InChI is InChI=1S/C19H13ClN4S2/c1-11-9-24-17(12(2)22-19(24)26-11)7-14(8-21)18-23-16(10-25-18)13-3-5-15(20)6-4-13/h3-7,9-10H,1-2H3/b14-7+. The normalized spacial score (nSPS) is 11.8. The number of allylic oxidation sites excluding steroid dienone is 1. The first-order valence-electron chi connectivity index (χ1n) is 7.84. The summed E-state index contributed by atoms with van der Waals surface area (Å²) < 4.78 is 2.03. The number of nitriles is 1. The number of thiazole rings is 2. The summed E-state index contributed by atoms with van der Waals surface area (Å²) in [6, 6.07) is 9.80. The van der Waals surface area contributed by atoms with Crippen molar-refractivity contribution < 1.29 is 0 Å². The maximum absolute atomic E-state index is 9.67. The SMILES string of the molecule is Cc1cn2c(/C=C(\C#N)c3nc(-c4ccc(Cl)cc4)cs3)c(C)nc2s1. The summed E-state index contributed by atoms with van der Waals surface area (Å²) in [6.07, 6.45) is 3.91. The summed E-state index contributed by atoms with van der Waals surface area (Å²) in [4.78, 5) is 11.3. The third kappa shape index (κ3) is 3.06. The highest BCUT2D eigenvalue weighted by Gasteiger charge is 2.13. The number of hydrogen-bond acceptors (Lipinski definition) is 5. The van der Waals surface area contributed by atoms with Crippen molar-refractivity contribution in [3.05, 3.63) is 62.1 Å². The minimum absolute atomic E-state index is 0.531. The Hall–Kier alpha value is -2.46. The van der Waals surface area contributed by atoms with Gasteiger partial charge in [-0.2, -0.15) is 5.26 Å². The van der Waals surface area contributed by atoms with E-state index in [1.165, 1.54) is 16.2 Å². The maximum Gasteiger partial charge on any atom is 0.194 e. The Balaban J connectivity index is 1.75. The average molecular weight is 397 g/mol. The Morgan fingerprint density at radius 1 is 1.23 bits per heavy atom. The van der Waals surface area contributed by atoms with E-state index in [4.69, 9.17) is 11.6 Å². The Labute approximate surface area is 163 Å². The fraction of sp³-hybridized carbons (Fsp3) is 0.105. The molecule has 0 bridgehead atoms. The van der Waals surface area contributed by atoms with Crippen molar-refractivity contribution in [2.45, 2.75) is 13.8 Å². The van der Waals surface area contributed by atoms with Gasteiger partial charge in [0, 0.05) is 27.0 Å². The number of rotatable bonds is 3. The van der Waals surface area contributed by atoms with Crippen LogP contribution in [0.2, 0.25) is 5.02 Å². The highest BCUT2D eigenvalue weighted by Crippen LogP contribution is 2.29. The molecule has 4 aromatic rings. The van der Waals surface area contributed by atoms with Gasteiger partial charge in [-0.3, -0.25) is 4.40 Å². The lowest BCUT2D eigenvalue weighted by Crippen LogP contribution is -1.87. The molecule has 128 valence electrons. The van der Waals surface area contributed by atoms with Crippen LogP contribution < -0.4 is 0 Å². The summed E-state index contributed by atoms with van der Waals surface area (Å²) >= 11 is 9.04. The Morgan fingerprint density at radius 2 is 2.00 bits per heavy atom. The quantitative estimate of drug-likeness (QED) is 0.408. The summed E-state index contributed by atoms with van der Waals surface area (Å²) in [5, 5.41) is 13.0. The molecule has 0 saturated carbocycles. The molecule has 0 radical (unpaired) electrons. The minimum atomic E-state index is 0.531. The highest BCUT2D eigenvalue weighted by atomic mass is 35.5. The molecule has 1 aromatic carbocycles. The van der Waals surface area contributed by atoms with Gasteiger partial charge in [0.15, 0.2) is 4.96 Å². The Kier molecular flexibility index (Phi) is 4.37. The van der Waals surface area contributed by atoms with Gasteiger partial charge in [0.05, 0.1) is 22.7 Å². The molecule has 4 rings (SSSR count). The van der Waals surface area contributed by atoms with Gasteiger partial charge in [0.25, 0.3) is 0 Å². The summed E-state index contributed by atoms with van der Waals surface area (Å²) in [5.41, 5.74) is 4.17. The van der Waals surface area contributed by atoms with Gasteiger partial charge < -0.3 is 0 Å². The smallest absolute Gasteiger partial charge is 0.194 e. The van der Waals surface area contributed by atoms with E-state index in [0.29, 0.717) is 15.6 Å². The molecule has 4 nitrogen and oxygen atoms in total. The third-order valence-corrected chi connectivity index (χ3v) is 5.96. The summed E-state index contributed by atoms with van der Waals surface area (Å²) in [6.45, 7) is 4.00. The number of halogens is 1. The second-order valence-electron chi connectivity index (χ2n) is 5.79. The monoisotopic (exact) mass is 396 g/mol. The first-order chi connectivity index (χ1) is 12.5. The van der Waals surface area contributed by atoms with Gasteiger partial charge in [-0.25, -0.2) is 9.97 Å². The molecule has 0 aliphatic carbocycles. The molecule has 0 aliphatic heterocycles. The topological polar surface area (TPSA) is 54.0 Å². The van der Waals surface area contributed by atoms with E-state index in [9.17, 15) is 5.26 Å². The second kappa shape index (κ2) is 6.69. The molecule has 0 atom stereocenters. The predicted molar refractivity (Wildman–Crippen MR) is 109 cm³/mol. The fourth-order valence-corrected chi connectivity index (χ4v) is 4.48. The van der Waals surface area contributed by atoms with Crippen LogP contribution in [0.4, 0.5) is 0 Å². The lowest BCUT2D eigenvalue weighted by Gasteiger charge is -1.97. The van der Waals surface area contributed by atoms with Crippen LogP contribution in [-0.4, -0.2) is 14.4 Å². The van der Waals surface area contributed by atoms with Gasteiger partial charge in [-0.15, -0.1) is 22.7 Å². The van der Waals surface area contributed by atoms with Gasteiger partial charge in [-0.1, -0.05) is 23.7 Å². The molecule has 7 heteroatoms. The molecular weight excluding hydrogens is 384 g/mol. The molecule has 0 amide bonds. The van der Waals surface area contributed by atoms with E-state index in [1.807, 2.05) is 60.2 Å². The van der Waals surface area contributed by atoms with Crippen LogP contribution in [0.25, 0.3) is 27.9 Å². The molecule has 0 unspecified atom stereocenters. The van der Waals surface area contributed by atoms with E-state index in [0.717, 1.165) is 27.6 Å². The largest absolute Gasteiger partial charge is 0.290 e. The zero-order valence-electron chi connectivity index (χ0n) is 14.0. The molecule has 0 N–H and O–H groups in total. The lowest BCUT2D eigenvalue weighted by molar-refractivity contribution is 1.18. The van der Waals surface area contributed by atoms with E-state index >= 15 is 0 Å². The fourth-order valence-electron chi connectivity index (χ4n) is 2.68. The number of aryl methyl sites for hydroxylation is 2. The van der Waals surface area contributed by atoms with E-state index < -0.39 is 0 Å². The van der Waals surface area contributed by atoms with Crippen molar-refractivity contribution >= 4 is 50.9 Å². The van der Waals surface area contributed by atoms with Crippen molar-refractivity contribution in [2.24, 2.45) is 0 Å². The van der Waals surface area contributed by atoms with Crippen LogP contribution in [0.3, 0.4) is 0 Å². The second-order valence-corrected chi connectivity index (χ2v) is 8.30. The maximum atomic E-state index is 9.67. The molecule has 0 aliphatic rings. The first kappa shape index (κ1) is 17.0. The van der Waals surface area contributed by atoms with Crippen LogP contribution in [0.5, 0.6) is 0 Å². The Morgan fingerprint density at radius 3 is 2.73 bits per heavy atom. The average Bonchev–Trinajstić information content (AvgIpc) is 3.29. The van der Waals surface area contributed by atoms with E-state index in [-0.39, 0.29) is 0 Å². The molecule has 0 fully saturated rings. The molecule has 3 aromatic heterocycles. The molecule has 0 saturated heterocycles. The van der Waals surface area contributed by atoms with Gasteiger partial charge in [0.1, 0.15) is 11.1 Å². The number of hydrogen-bond donors (Lipinski definition) is 0. The molecule has 0 spiro atoms. The van der Waals surface area contributed by atoms with Crippen LogP contribution in [0.1, 0.15) is 21.3 Å². The van der Waals surface area contributed by atoms with E-state index in [2.05, 4.69) is 16.0 Å². The highest BCUT2D eigenvalue weighted by molar-refractivity contribution is 7.17. The van der Waals surface area contributed by atoms with Gasteiger partial charge in [0.2, 0.25) is 0 Å². The minimum Gasteiger partial charge on any atom is -0.290 e. The van der Waals surface area contributed by atoms with Crippen molar-refractivity contribution in [1.29, 1.82) is 5.26 Å². The van der Waals surface area contributed by atoms with Crippen LogP contribution in [0.15, 0.2) is 35.8 Å². The first-order valence-corrected chi connectivity index (χ1v) is 9.91. The molecule has 3 heterocycles. The molecule has 26 heavy (non-hydrogen) atoms. The van der Waals surface area contributed by atoms with Gasteiger partial charge >= 0.3 is 0 Å². The van der Waals surface area contributed by atoms with Crippen molar-refractivity contribution in [3.8, 4) is 17.3 Å². The van der Waals surface area contributed by atoms with Crippen LogP contribution in [0, 0.1) is 25.2 Å².